The summed E-state index contributed by atoms with van der Waals surface area (Å²) < 4.78 is 0. The van der Waals surface area contributed by atoms with E-state index in [1.165, 1.54) is 119 Å². The maximum absolute atomic E-state index is 2.75. The molecule has 378 valence electrons. The summed E-state index contributed by atoms with van der Waals surface area (Å²) in [6.45, 7) is 41.9. The van der Waals surface area contributed by atoms with Crippen LogP contribution in [0.15, 0.2) is 127 Å². The zero-order valence-corrected chi connectivity index (χ0v) is 48.0. The van der Waals surface area contributed by atoms with Gasteiger partial charge >= 0.3 is 0 Å². The highest BCUT2D eigenvalue weighted by atomic mass is 15.2. The van der Waals surface area contributed by atoms with Crippen LogP contribution in [0.1, 0.15) is 202 Å². The van der Waals surface area contributed by atoms with E-state index in [2.05, 4.69) is 255 Å². The van der Waals surface area contributed by atoms with Crippen molar-refractivity contribution in [1.29, 1.82) is 0 Å². The fraction of sp³-hybridized carbons (Fsp3) is 0.408. The number of hydrogen-bond donors (Lipinski definition) is 0. The van der Waals surface area contributed by atoms with E-state index in [9.17, 15) is 0 Å². The topological polar surface area (TPSA) is 6.48 Å². The Labute approximate surface area is 446 Å². The first-order chi connectivity index (χ1) is 34.6. The van der Waals surface area contributed by atoms with Crippen LogP contribution in [0.4, 0.5) is 34.1 Å². The summed E-state index contributed by atoms with van der Waals surface area (Å²) in [7, 11) is 0. The summed E-state index contributed by atoms with van der Waals surface area (Å²) in [5.41, 5.74) is 29.7. The van der Waals surface area contributed by atoms with Crippen molar-refractivity contribution in [3.63, 3.8) is 0 Å². The van der Waals surface area contributed by atoms with E-state index in [4.69, 9.17) is 0 Å². The molecule has 5 aliphatic rings. The molecule has 0 saturated carbocycles. The lowest BCUT2D eigenvalue weighted by atomic mass is 9.30. The van der Waals surface area contributed by atoms with Gasteiger partial charge in [0.2, 0.25) is 6.71 Å². The lowest BCUT2D eigenvalue weighted by Crippen LogP contribution is -2.62. The van der Waals surface area contributed by atoms with Crippen molar-refractivity contribution >= 4 is 57.2 Å². The molecule has 0 amide bonds. The minimum absolute atomic E-state index is 0.00241. The summed E-state index contributed by atoms with van der Waals surface area (Å²) in [6, 6.07) is 50.9. The van der Waals surface area contributed by atoms with Crippen molar-refractivity contribution in [2.24, 2.45) is 0 Å². The van der Waals surface area contributed by atoms with Crippen molar-refractivity contribution in [2.45, 2.75) is 187 Å². The number of fused-ring (bicyclic) bond motifs is 7. The Morgan fingerprint density at radius 1 is 0.459 bits per heavy atom. The van der Waals surface area contributed by atoms with Crippen LogP contribution in [0.3, 0.4) is 0 Å². The molecule has 0 bridgehead atoms. The van der Waals surface area contributed by atoms with Crippen LogP contribution in [0.5, 0.6) is 0 Å². The predicted molar refractivity (Wildman–Crippen MR) is 319 cm³/mol. The van der Waals surface area contributed by atoms with Gasteiger partial charge in [-0.1, -0.05) is 188 Å². The smallest absolute Gasteiger partial charge is 0.247 e. The zero-order valence-electron chi connectivity index (χ0n) is 48.0. The van der Waals surface area contributed by atoms with E-state index >= 15 is 0 Å². The highest BCUT2D eigenvalue weighted by Gasteiger charge is 2.50. The van der Waals surface area contributed by atoms with Gasteiger partial charge in [0.05, 0.1) is 0 Å². The minimum atomic E-state index is -0.0535. The molecule has 2 aliphatic heterocycles. The number of anilines is 6. The average Bonchev–Trinajstić information content (AvgIpc) is 3.64. The standard InChI is InChI=1S/C71H81BN2/c1-43-34-53-55(70(14,15)41-69(53,12)13)38-49(43)62-50-39-54-56(67(8,9)33-32-66(54,6)7)40-58(50)72-57-30-28-45(65(3,4)5)35-60(57)74(59-31-29-52-63(44(59)2)71(16,17)42-68(52,10)11)61-37-48(36-51(62)64(61)72)73(46-24-20-18-21-25-46)47-26-22-19-23-27-47/h18-31,34-40,62H,32-33,41-42H2,1-17H3. The summed E-state index contributed by atoms with van der Waals surface area (Å²) in [6.07, 6.45) is 4.63. The first-order valence-corrected chi connectivity index (χ1v) is 28.1. The van der Waals surface area contributed by atoms with Gasteiger partial charge in [-0.3, -0.25) is 0 Å². The number of hydrogen-bond acceptors (Lipinski definition) is 2. The number of benzene rings is 7. The van der Waals surface area contributed by atoms with Gasteiger partial charge in [-0.15, -0.1) is 0 Å². The molecule has 1 unspecified atom stereocenters. The Morgan fingerprint density at radius 3 is 1.61 bits per heavy atom. The number of rotatable bonds is 5. The van der Waals surface area contributed by atoms with Crippen LogP contribution in [0.2, 0.25) is 0 Å². The molecule has 2 heterocycles. The monoisotopic (exact) mass is 973 g/mol. The fourth-order valence-corrected chi connectivity index (χ4v) is 16.2. The maximum Gasteiger partial charge on any atom is 0.247 e. The Hall–Kier alpha value is -5.80. The number of para-hydroxylation sites is 2. The predicted octanol–water partition coefficient (Wildman–Crippen LogP) is 17.1. The van der Waals surface area contributed by atoms with Gasteiger partial charge in [-0.25, -0.2) is 0 Å². The summed E-state index contributed by atoms with van der Waals surface area (Å²) in [5, 5.41) is 0. The van der Waals surface area contributed by atoms with Gasteiger partial charge in [0.25, 0.3) is 0 Å². The van der Waals surface area contributed by atoms with E-state index in [0.717, 1.165) is 24.2 Å². The molecule has 74 heavy (non-hydrogen) atoms. The van der Waals surface area contributed by atoms with Crippen LogP contribution in [0, 0.1) is 13.8 Å². The molecule has 0 fully saturated rings. The Bertz CT molecular complexity index is 3410. The van der Waals surface area contributed by atoms with Gasteiger partial charge in [0, 0.05) is 40.0 Å². The summed E-state index contributed by atoms with van der Waals surface area (Å²) in [5.74, 6) is -0.00241. The van der Waals surface area contributed by atoms with Gasteiger partial charge in [-0.05, 0) is 204 Å². The second-order valence-corrected chi connectivity index (χ2v) is 28.8. The highest BCUT2D eigenvalue weighted by Crippen LogP contribution is 2.57. The molecule has 1 atom stereocenters. The van der Waals surface area contributed by atoms with Gasteiger partial charge in [0.1, 0.15) is 0 Å². The quantitative estimate of drug-likeness (QED) is 0.159. The summed E-state index contributed by atoms with van der Waals surface area (Å²) >= 11 is 0. The van der Waals surface area contributed by atoms with Gasteiger partial charge in [0.15, 0.2) is 0 Å². The molecular weight excluding hydrogens is 892 g/mol. The van der Waals surface area contributed by atoms with Gasteiger partial charge < -0.3 is 9.80 Å². The average molecular weight is 973 g/mol. The van der Waals surface area contributed by atoms with E-state index in [0.29, 0.717) is 0 Å². The van der Waals surface area contributed by atoms with Crippen LogP contribution in [-0.4, -0.2) is 6.71 Å². The minimum Gasteiger partial charge on any atom is -0.311 e. The SMILES string of the molecule is Cc1cc2c(cc1C1c3cc4c(cc3B3c5ccc(C(C)(C)C)cc5N(c5ccc6c(c5C)C(C)(C)CC6(C)C)c5cc(N(c6ccccc6)c6ccccc6)cc1c53)C(C)(C)CCC4(C)C)C(C)(C)CC2(C)C. The highest BCUT2D eigenvalue weighted by molar-refractivity contribution is 6.99. The summed E-state index contributed by atoms with van der Waals surface area (Å²) in [4.78, 5) is 5.28. The Morgan fingerprint density at radius 2 is 1.00 bits per heavy atom. The third kappa shape index (κ3) is 7.24. The van der Waals surface area contributed by atoms with E-state index < -0.39 is 0 Å². The molecule has 7 aromatic carbocycles. The lowest BCUT2D eigenvalue weighted by Gasteiger charge is -2.47. The maximum atomic E-state index is 2.75. The second-order valence-electron chi connectivity index (χ2n) is 28.8. The number of aryl methyl sites for hydroxylation is 1. The molecule has 0 saturated heterocycles. The van der Waals surface area contributed by atoms with Crippen LogP contribution < -0.4 is 26.2 Å². The first-order valence-electron chi connectivity index (χ1n) is 28.1. The molecule has 3 aliphatic carbocycles. The van der Waals surface area contributed by atoms with Crippen LogP contribution in [-0.2, 0) is 37.9 Å². The lowest BCUT2D eigenvalue weighted by molar-refractivity contribution is 0.332. The zero-order chi connectivity index (χ0) is 52.6. The van der Waals surface area contributed by atoms with Crippen molar-refractivity contribution < 1.29 is 0 Å². The normalized spacial score (nSPS) is 20.5. The van der Waals surface area contributed by atoms with Crippen molar-refractivity contribution in [3.8, 4) is 0 Å². The van der Waals surface area contributed by atoms with E-state index in [1.54, 1.807) is 0 Å². The third-order valence-electron chi connectivity index (χ3n) is 19.5. The van der Waals surface area contributed by atoms with Crippen LogP contribution >= 0.6 is 0 Å². The van der Waals surface area contributed by atoms with E-state index in [-0.39, 0.29) is 50.5 Å². The van der Waals surface area contributed by atoms with E-state index in [1.807, 2.05) is 0 Å². The van der Waals surface area contributed by atoms with Crippen molar-refractivity contribution in [1.82, 2.24) is 0 Å². The van der Waals surface area contributed by atoms with Crippen molar-refractivity contribution in [2.75, 3.05) is 9.80 Å². The number of nitrogens with zero attached hydrogens (tertiary/aromatic N) is 2. The largest absolute Gasteiger partial charge is 0.311 e. The fourth-order valence-electron chi connectivity index (χ4n) is 16.2. The van der Waals surface area contributed by atoms with Gasteiger partial charge in [-0.2, -0.15) is 0 Å². The molecule has 0 radical (unpaired) electrons. The molecule has 0 N–H and O–H groups in total. The Kier molecular flexibility index (Phi) is 10.5. The molecule has 0 spiro atoms. The molecule has 7 aromatic rings. The molecular formula is C71H81BN2. The van der Waals surface area contributed by atoms with Crippen LogP contribution in [0.25, 0.3) is 0 Å². The first kappa shape index (κ1) is 49.1. The second kappa shape index (κ2) is 15.9. The molecule has 2 nitrogen and oxygen atoms in total. The Balaban J connectivity index is 1.27. The molecule has 3 heteroatoms. The molecule has 12 rings (SSSR count). The van der Waals surface area contributed by atoms with Crippen molar-refractivity contribution in [3.05, 3.63) is 194 Å². The third-order valence-corrected chi connectivity index (χ3v) is 19.5. The molecule has 0 aromatic heterocycles.